The van der Waals surface area contributed by atoms with Gasteiger partial charge in [0, 0.05) is 75.6 Å². The molecule has 10 heteroatoms. The molecule has 0 radical (unpaired) electrons. The molecule has 0 aliphatic carbocycles. The molecule has 0 unspecified atom stereocenters. The summed E-state index contributed by atoms with van der Waals surface area (Å²) in [7, 11) is 1.92. The summed E-state index contributed by atoms with van der Waals surface area (Å²) in [6.07, 6.45) is 12.2. The van der Waals surface area contributed by atoms with Gasteiger partial charge in [0.2, 0.25) is 5.95 Å². The molecule has 0 saturated carbocycles. The summed E-state index contributed by atoms with van der Waals surface area (Å²) in [5, 5.41) is 8.87. The molecular weight excluding hydrogens is 471 g/mol. The fraction of sp³-hybridized carbons (Fsp3) is 0.259. The molecule has 1 aliphatic heterocycles. The molecule has 0 spiro atoms. The van der Waals surface area contributed by atoms with E-state index in [-0.39, 0.29) is 5.82 Å². The van der Waals surface area contributed by atoms with Gasteiger partial charge in [0.1, 0.15) is 11.6 Å². The van der Waals surface area contributed by atoms with E-state index in [0.717, 1.165) is 60.0 Å². The Hall–Kier alpha value is -4.47. The average molecular weight is 499 g/mol. The Balaban J connectivity index is 1.04. The minimum Gasteiger partial charge on any atom is -0.493 e. The Morgan fingerprint density at radius 2 is 1.57 bits per heavy atom. The third-order valence-corrected chi connectivity index (χ3v) is 6.60. The molecule has 0 amide bonds. The van der Waals surface area contributed by atoms with Crippen molar-refractivity contribution in [2.75, 3.05) is 42.6 Å². The van der Waals surface area contributed by atoms with E-state index in [1.54, 1.807) is 16.8 Å². The first-order valence-electron chi connectivity index (χ1n) is 12.3. The standard InChI is InChI=1S/C27H27FN8O/c1-33-18-22(16-31-33)21-2-7-25-26(17-32-36(25)19-21)34-9-11-35(12-10-34)27-29-14-20(15-30-27)8-13-37-24-5-3-23(28)4-6-24/h2-7,14-19H,8-13H2,1H3. The molecule has 5 heterocycles. The molecule has 4 aromatic heterocycles. The zero-order valence-corrected chi connectivity index (χ0v) is 20.5. The number of piperazine rings is 1. The Bertz CT molecular complexity index is 1490. The van der Waals surface area contributed by atoms with Crippen molar-refractivity contribution in [2.45, 2.75) is 6.42 Å². The molecular formula is C27H27FN8O. The predicted molar refractivity (Wildman–Crippen MR) is 139 cm³/mol. The maximum Gasteiger partial charge on any atom is 0.225 e. The van der Waals surface area contributed by atoms with E-state index in [4.69, 9.17) is 4.74 Å². The van der Waals surface area contributed by atoms with Gasteiger partial charge in [0.05, 0.1) is 30.2 Å². The third kappa shape index (κ3) is 4.95. The highest BCUT2D eigenvalue weighted by Crippen LogP contribution is 2.26. The normalized spacial score (nSPS) is 13.9. The highest BCUT2D eigenvalue weighted by atomic mass is 19.1. The summed E-state index contributed by atoms with van der Waals surface area (Å²) in [4.78, 5) is 13.7. The average Bonchev–Trinajstić information content (AvgIpc) is 3.56. The summed E-state index contributed by atoms with van der Waals surface area (Å²) >= 11 is 0. The van der Waals surface area contributed by atoms with E-state index >= 15 is 0 Å². The van der Waals surface area contributed by atoms with Crippen LogP contribution in [-0.4, -0.2) is 62.1 Å². The van der Waals surface area contributed by atoms with Gasteiger partial charge in [-0.25, -0.2) is 18.9 Å². The second-order valence-corrected chi connectivity index (χ2v) is 9.10. The first kappa shape index (κ1) is 23.0. The van der Waals surface area contributed by atoms with E-state index in [2.05, 4.69) is 42.1 Å². The molecule has 0 bridgehead atoms. The Kier molecular flexibility index (Phi) is 6.13. The van der Waals surface area contributed by atoms with E-state index < -0.39 is 0 Å². The molecule has 1 aliphatic rings. The number of hydrogen-bond donors (Lipinski definition) is 0. The predicted octanol–water partition coefficient (Wildman–Crippen LogP) is 3.61. The number of rotatable bonds is 7. The van der Waals surface area contributed by atoms with Gasteiger partial charge < -0.3 is 14.5 Å². The number of halogens is 1. The number of anilines is 2. The number of ether oxygens (including phenoxy) is 1. The number of benzene rings is 1. The zero-order chi connectivity index (χ0) is 25.2. The lowest BCUT2D eigenvalue weighted by atomic mass is 10.1. The van der Waals surface area contributed by atoms with Crippen LogP contribution in [0.15, 0.2) is 73.6 Å². The second kappa shape index (κ2) is 9.88. The first-order chi connectivity index (χ1) is 18.1. The Morgan fingerprint density at radius 1 is 0.811 bits per heavy atom. The van der Waals surface area contributed by atoms with Gasteiger partial charge in [-0.2, -0.15) is 10.2 Å². The molecule has 1 saturated heterocycles. The van der Waals surface area contributed by atoms with Crippen LogP contribution in [0.5, 0.6) is 5.75 Å². The van der Waals surface area contributed by atoms with Crippen molar-refractivity contribution in [2.24, 2.45) is 7.05 Å². The van der Waals surface area contributed by atoms with Crippen LogP contribution in [0, 0.1) is 5.82 Å². The van der Waals surface area contributed by atoms with E-state index in [1.165, 1.54) is 12.1 Å². The largest absolute Gasteiger partial charge is 0.493 e. The van der Waals surface area contributed by atoms with Crippen molar-refractivity contribution in [1.29, 1.82) is 0 Å². The molecule has 6 rings (SSSR count). The minimum absolute atomic E-state index is 0.272. The monoisotopic (exact) mass is 498 g/mol. The van der Waals surface area contributed by atoms with Crippen LogP contribution >= 0.6 is 0 Å². The summed E-state index contributed by atoms with van der Waals surface area (Å²) < 4.78 is 22.4. The summed E-state index contributed by atoms with van der Waals surface area (Å²) in [6.45, 7) is 3.87. The minimum atomic E-state index is -0.272. The smallest absolute Gasteiger partial charge is 0.225 e. The number of fused-ring (bicyclic) bond motifs is 1. The van der Waals surface area contributed by atoms with Gasteiger partial charge in [0.25, 0.3) is 0 Å². The topological polar surface area (TPSA) is 76.6 Å². The number of aromatic nitrogens is 6. The van der Waals surface area contributed by atoms with Crippen molar-refractivity contribution in [3.8, 4) is 16.9 Å². The highest BCUT2D eigenvalue weighted by molar-refractivity contribution is 5.75. The lowest BCUT2D eigenvalue weighted by Gasteiger charge is -2.35. The van der Waals surface area contributed by atoms with Crippen molar-refractivity contribution in [3.05, 3.63) is 85.0 Å². The van der Waals surface area contributed by atoms with Crippen LogP contribution in [0.1, 0.15) is 5.56 Å². The van der Waals surface area contributed by atoms with Crippen LogP contribution in [0.25, 0.3) is 16.6 Å². The van der Waals surface area contributed by atoms with Crippen molar-refractivity contribution in [1.82, 2.24) is 29.4 Å². The molecule has 5 aromatic rings. The second-order valence-electron chi connectivity index (χ2n) is 9.10. The lowest BCUT2D eigenvalue weighted by Crippen LogP contribution is -2.47. The summed E-state index contributed by atoms with van der Waals surface area (Å²) in [6, 6.07) is 10.3. The maximum atomic E-state index is 13.0. The lowest BCUT2D eigenvalue weighted by molar-refractivity contribution is 0.321. The number of aryl methyl sites for hydroxylation is 1. The van der Waals surface area contributed by atoms with Gasteiger partial charge in [-0.15, -0.1) is 0 Å². The van der Waals surface area contributed by atoms with Crippen LogP contribution < -0.4 is 14.5 Å². The van der Waals surface area contributed by atoms with E-state index in [9.17, 15) is 4.39 Å². The zero-order valence-electron chi connectivity index (χ0n) is 20.5. The van der Waals surface area contributed by atoms with Crippen LogP contribution in [0.2, 0.25) is 0 Å². The molecule has 0 atom stereocenters. The number of pyridine rings is 1. The van der Waals surface area contributed by atoms with Gasteiger partial charge >= 0.3 is 0 Å². The molecule has 1 aromatic carbocycles. The van der Waals surface area contributed by atoms with Crippen LogP contribution in [0.3, 0.4) is 0 Å². The Labute approximate surface area is 213 Å². The van der Waals surface area contributed by atoms with Gasteiger partial charge in [-0.05, 0) is 35.9 Å². The fourth-order valence-electron chi connectivity index (χ4n) is 4.56. The number of hydrogen-bond acceptors (Lipinski definition) is 7. The molecule has 188 valence electrons. The Morgan fingerprint density at radius 3 is 2.30 bits per heavy atom. The van der Waals surface area contributed by atoms with Crippen LogP contribution in [0.4, 0.5) is 16.0 Å². The number of nitrogens with zero attached hydrogens (tertiary/aromatic N) is 8. The highest BCUT2D eigenvalue weighted by Gasteiger charge is 2.21. The van der Waals surface area contributed by atoms with Gasteiger partial charge in [0.15, 0.2) is 0 Å². The molecule has 37 heavy (non-hydrogen) atoms. The van der Waals surface area contributed by atoms with Gasteiger partial charge in [-0.3, -0.25) is 4.68 Å². The summed E-state index contributed by atoms with van der Waals surface area (Å²) in [5.41, 5.74) is 5.38. The quantitative estimate of drug-likeness (QED) is 0.339. The van der Waals surface area contributed by atoms with E-state index in [0.29, 0.717) is 18.8 Å². The molecule has 1 fully saturated rings. The van der Waals surface area contributed by atoms with Crippen molar-refractivity contribution < 1.29 is 9.13 Å². The molecule has 9 nitrogen and oxygen atoms in total. The SMILES string of the molecule is Cn1cc(-c2ccc3c(N4CCN(c5ncc(CCOc6ccc(F)cc6)cn5)CC4)cnn3c2)cn1. The van der Waals surface area contributed by atoms with Crippen LogP contribution in [-0.2, 0) is 13.5 Å². The summed E-state index contributed by atoms with van der Waals surface area (Å²) in [5.74, 6) is 1.12. The first-order valence-corrected chi connectivity index (χ1v) is 12.3. The van der Waals surface area contributed by atoms with Crippen molar-refractivity contribution in [3.63, 3.8) is 0 Å². The van der Waals surface area contributed by atoms with E-state index in [1.807, 2.05) is 48.7 Å². The van der Waals surface area contributed by atoms with Crippen molar-refractivity contribution >= 4 is 17.2 Å². The third-order valence-electron chi connectivity index (χ3n) is 6.60. The van der Waals surface area contributed by atoms with Gasteiger partial charge in [-0.1, -0.05) is 6.07 Å². The fourth-order valence-corrected chi connectivity index (χ4v) is 4.56. The molecule has 0 N–H and O–H groups in total. The maximum absolute atomic E-state index is 13.0.